The van der Waals surface area contributed by atoms with Gasteiger partial charge in [0.05, 0.1) is 0 Å². The molecule has 97 valence electrons. The van der Waals surface area contributed by atoms with E-state index in [-0.39, 0.29) is 5.91 Å². The summed E-state index contributed by atoms with van der Waals surface area (Å²) in [4.78, 5) is 21.5. The van der Waals surface area contributed by atoms with Gasteiger partial charge < -0.3 is 10.5 Å². The molecule has 1 aliphatic carbocycles. The van der Waals surface area contributed by atoms with Crippen molar-refractivity contribution in [3.05, 3.63) is 0 Å². The Morgan fingerprint density at radius 3 is 2.47 bits per heavy atom. The number of hydrogen-bond acceptors (Lipinski definition) is 3. The van der Waals surface area contributed by atoms with Crippen molar-refractivity contribution >= 4 is 12.2 Å². The van der Waals surface area contributed by atoms with Crippen molar-refractivity contribution in [2.45, 2.75) is 44.9 Å². The molecule has 4 nitrogen and oxygen atoms in total. The average Bonchev–Trinajstić information content (AvgIpc) is 2.37. The molecular formula is C13H23N2O2. The zero-order valence-electron chi connectivity index (χ0n) is 10.4. The number of hydrogen-bond donors (Lipinski definition) is 1. The largest absolute Gasteiger partial charge is 0.330 e. The van der Waals surface area contributed by atoms with Crippen molar-refractivity contribution in [2.24, 2.45) is 17.6 Å². The third-order valence-corrected chi connectivity index (χ3v) is 3.54. The molecule has 17 heavy (non-hydrogen) atoms. The van der Waals surface area contributed by atoms with Crippen LogP contribution in [0.25, 0.3) is 0 Å². The van der Waals surface area contributed by atoms with Crippen molar-refractivity contribution in [1.82, 2.24) is 5.32 Å². The minimum Gasteiger partial charge on any atom is -0.330 e. The summed E-state index contributed by atoms with van der Waals surface area (Å²) in [6, 6.07) is 0. The van der Waals surface area contributed by atoms with Crippen LogP contribution >= 0.6 is 0 Å². The van der Waals surface area contributed by atoms with Crippen LogP contribution in [0.1, 0.15) is 44.9 Å². The molecule has 1 amide bonds. The summed E-state index contributed by atoms with van der Waals surface area (Å²) < 4.78 is 0. The molecule has 1 rings (SSSR count). The topological polar surface area (TPSA) is 74.3 Å². The van der Waals surface area contributed by atoms with E-state index >= 15 is 0 Å². The van der Waals surface area contributed by atoms with E-state index in [9.17, 15) is 9.59 Å². The Morgan fingerprint density at radius 1 is 1.24 bits per heavy atom. The number of unbranched alkanes of at least 4 members (excludes halogenated alkanes) is 1. The highest BCUT2D eigenvalue weighted by Gasteiger charge is 2.20. The summed E-state index contributed by atoms with van der Waals surface area (Å²) in [6.07, 6.45) is 7.00. The predicted octanol–water partition coefficient (Wildman–Crippen LogP) is 1.25. The van der Waals surface area contributed by atoms with E-state index in [1.165, 1.54) is 12.8 Å². The Kier molecular flexibility index (Phi) is 6.86. The van der Waals surface area contributed by atoms with E-state index in [2.05, 4.69) is 5.32 Å². The van der Waals surface area contributed by atoms with Crippen LogP contribution < -0.4 is 11.1 Å². The Morgan fingerprint density at radius 2 is 1.88 bits per heavy atom. The Hall–Kier alpha value is -0.900. The molecule has 0 spiro atoms. The molecule has 1 fully saturated rings. The van der Waals surface area contributed by atoms with E-state index in [0.717, 1.165) is 25.7 Å². The molecule has 0 aliphatic heterocycles. The molecule has 0 heterocycles. The van der Waals surface area contributed by atoms with Gasteiger partial charge in [-0.2, -0.15) is 0 Å². The molecule has 1 radical (unpaired) electrons. The lowest BCUT2D eigenvalue weighted by Crippen LogP contribution is -2.28. The number of aldehydes is 1. The molecular weight excluding hydrogens is 216 g/mol. The van der Waals surface area contributed by atoms with E-state index < -0.39 is 0 Å². The molecule has 0 unspecified atom stereocenters. The molecule has 4 heteroatoms. The van der Waals surface area contributed by atoms with Gasteiger partial charge in [-0.05, 0) is 50.5 Å². The molecule has 1 saturated carbocycles. The van der Waals surface area contributed by atoms with Crippen LogP contribution in [-0.2, 0) is 9.59 Å². The first kappa shape index (κ1) is 14.2. The number of carbonyl (C=O) groups is 2. The lowest BCUT2D eigenvalue weighted by Gasteiger charge is -2.27. The summed E-state index contributed by atoms with van der Waals surface area (Å²) in [5.74, 6) is 1.19. The Balaban J connectivity index is 2.06. The molecule has 0 atom stereocenters. The Labute approximate surface area is 103 Å². The number of nitrogens with zero attached hydrogens (tertiary/aromatic N) is 1. The van der Waals surface area contributed by atoms with Crippen LogP contribution in [0.2, 0.25) is 0 Å². The van der Waals surface area contributed by atoms with Crippen LogP contribution in [0, 0.1) is 11.8 Å². The second kappa shape index (κ2) is 8.23. The minimum atomic E-state index is -0.0483. The summed E-state index contributed by atoms with van der Waals surface area (Å²) >= 11 is 0. The molecule has 1 aliphatic rings. The summed E-state index contributed by atoms with van der Waals surface area (Å²) in [7, 11) is 0. The van der Waals surface area contributed by atoms with Gasteiger partial charge in [-0.15, -0.1) is 0 Å². The second-order valence-electron chi connectivity index (χ2n) is 4.92. The van der Waals surface area contributed by atoms with Gasteiger partial charge in [0.2, 0.25) is 5.91 Å². The summed E-state index contributed by atoms with van der Waals surface area (Å²) in [5.41, 5.74) is 5.63. The van der Waals surface area contributed by atoms with Gasteiger partial charge >= 0.3 is 0 Å². The van der Waals surface area contributed by atoms with Gasteiger partial charge in [0.25, 0.3) is 0 Å². The zero-order chi connectivity index (χ0) is 12.5. The van der Waals surface area contributed by atoms with Crippen LogP contribution in [-0.4, -0.2) is 25.3 Å². The number of rotatable bonds is 7. The first-order valence-corrected chi connectivity index (χ1v) is 6.60. The average molecular weight is 239 g/mol. The maximum absolute atomic E-state index is 11.4. The highest BCUT2D eigenvalue weighted by atomic mass is 16.1. The fourth-order valence-corrected chi connectivity index (χ4v) is 2.30. The first-order chi connectivity index (χ1) is 8.26. The lowest BCUT2D eigenvalue weighted by molar-refractivity contribution is -0.121. The normalized spacial score (nSPS) is 24.3. The summed E-state index contributed by atoms with van der Waals surface area (Å²) in [6.45, 7) is 1.45. The molecule has 0 bridgehead atoms. The van der Waals surface area contributed by atoms with Gasteiger partial charge in [-0.1, -0.05) is 0 Å². The molecule has 0 saturated heterocycles. The maximum atomic E-state index is 11.4. The van der Waals surface area contributed by atoms with Crippen LogP contribution in [0.15, 0.2) is 0 Å². The SMILES string of the molecule is NCC1CCC(C[N]C(=O)CCCC=O)CC1. The number of nitrogens with two attached hydrogens (primary N) is 1. The van der Waals surface area contributed by atoms with Crippen LogP contribution in [0.5, 0.6) is 0 Å². The first-order valence-electron chi connectivity index (χ1n) is 6.60. The standard InChI is InChI=1S/C13H23N2O2/c14-9-11-4-6-12(7-5-11)10-15-13(17)3-1-2-8-16/h8,11-12H,1-7,9-10,14H2. The Bertz CT molecular complexity index is 236. The van der Waals surface area contributed by atoms with E-state index in [1.807, 2.05) is 0 Å². The highest BCUT2D eigenvalue weighted by Crippen LogP contribution is 2.27. The molecule has 0 aromatic heterocycles. The van der Waals surface area contributed by atoms with Gasteiger partial charge in [0.1, 0.15) is 6.29 Å². The van der Waals surface area contributed by atoms with E-state index in [4.69, 9.17) is 5.73 Å². The fourth-order valence-electron chi connectivity index (χ4n) is 2.30. The van der Waals surface area contributed by atoms with Crippen molar-refractivity contribution in [3.8, 4) is 0 Å². The van der Waals surface area contributed by atoms with Crippen molar-refractivity contribution in [1.29, 1.82) is 0 Å². The number of amides is 1. The molecule has 0 aromatic rings. The van der Waals surface area contributed by atoms with Crippen LogP contribution in [0.3, 0.4) is 0 Å². The number of carbonyl (C=O) groups excluding carboxylic acids is 2. The monoisotopic (exact) mass is 239 g/mol. The fraction of sp³-hybridized carbons (Fsp3) is 0.846. The quantitative estimate of drug-likeness (QED) is 0.536. The maximum Gasteiger partial charge on any atom is 0.241 e. The van der Waals surface area contributed by atoms with Crippen molar-refractivity contribution < 1.29 is 9.59 Å². The third kappa shape index (κ3) is 5.82. The van der Waals surface area contributed by atoms with Crippen molar-refractivity contribution in [3.63, 3.8) is 0 Å². The van der Waals surface area contributed by atoms with Gasteiger partial charge in [0, 0.05) is 19.4 Å². The van der Waals surface area contributed by atoms with Gasteiger partial charge in [0.15, 0.2) is 0 Å². The lowest BCUT2D eigenvalue weighted by atomic mass is 9.82. The minimum absolute atomic E-state index is 0.0483. The van der Waals surface area contributed by atoms with E-state index in [0.29, 0.717) is 37.6 Å². The highest BCUT2D eigenvalue weighted by molar-refractivity contribution is 5.75. The van der Waals surface area contributed by atoms with Crippen molar-refractivity contribution in [2.75, 3.05) is 13.1 Å². The summed E-state index contributed by atoms with van der Waals surface area (Å²) in [5, 5.41) is 4.08. The van der Waals surface area contributed by atoms with E-state index in [1.54, 1.807) is 0 Å². The van der Waals surface area contributed by atoms with Gasteiger partial charge in [-0.25, -0.2) is 0 Å². The van der Waals surface area contributed by atoms with Crippen LogP contribution in [0.4, 0.5) is 0 Å². The smallest absolute Gasteiger partial charge is 0.241 e. The third-order valence-electron chi connectivity index (χ3n) is 3.54. The van der Waals surface area contributed by atoms with Gasteiger partial charge in [-0.3, -0.25) is 10.1 Å². The molecule has 2 N–H and O–H groups in total. The predicted molar refractivity (Wildman–Crippen MR) is 66.4 cm³/mol. The zero-order valence-corrected chi connectivity index (χ0v) is 10.4. The molecule has 0 aromatic carbocycles. The second-order valence-corrected chi connectivity index (χ2v) is 4.92.